The van der Waals surface area contributed by atoms with Crippen LogP contribution in [0.15, 0.2) is 11.6 Å². The molecule has 2 aromatic heterocycles. The summed E-state index contributed by atoms with van der Waals surface area (Å²) >= 11 is 1.62. The Morgan fingerprint density at radius 3 is 3.05 bits per heavy atom. The molecule has 8 heteroatoms. The van der Waals surface area contributed by atoms with E-state index in [0.717, 1.165) is 43.1 Å². The minimum atomic E-state index is -0.203. The number of hydrogen-bond acceptors (Lipinski definition) is 6. The van der Waals surface area contributed by atoms with E-state index in [1.165, 1.54) is 0 Å². The second-order valence-electron chi connectivity index (χ2n) is 5.33. The fourth-order valence-corrected chi connectivity index (χ4v) is 3.23. The van der Waals surface area contributed by atoms with E-state index in [9.17, 15) is 4.79 Å². The summed E-state index contributed by atoms with van der Waals surface area (Å²) in [5.74, 6) is -0.203. The molecule has 1 fully saturated rings. The normalized spacial score (nSPS) is 15.9. The van der Waals surface area contributed by atoms with Gasteiger partial charge in [-0.1, -0.05) is 12.1 Å². The first-order valence-corrected chi connectivity index (χ1v) is 8.48. The fourth-order valence-electron chi connectivity index (χ4n) is 2.48. The van der Waals surface area contributed by atoms with Gasteiger partial charge in [0.25, 0.3) is 5.91 Å². The average molecular weight is 320 g/mol. The number of piperidine rings is 1. The molecular formula is C14H20N6OS. The van der Waals surface area contributed by atoms with Crippen LogP contribution in [0.2, 0.25) is 0 Å². The van der Waals surface area contributed by atoms with Crippen LogP contribution in [-0.4, -0.2) is 39.0 Å². The summed E-state index contributed by atoms with van der Waals surface area (Å²) < 4.78 is 1.81. The number of nitrogens with zero attached hydrogens (tertiary/aromatic N) is 4. The van der Waals surface area contributed by atoms with Gasteiger partial charge in [-0.25, -0.2) is 9.67 Å². The van der Waals surface area contributed by atoms with Crippen LogP contribution in [0, 0.1) is 0 Å². The Bertz CT molecular complexity index is 631. The summed E-state index contributed by atoms with van der Waals surface area (Å²) in [7, 11) is 0. The lowest BCUT2D eigenvalue weighted by Gasteiger charge is -2.22. The lowest BCUT2D eigenvalue weighted by molar-refractivity contribution is 0.0945. The van der Waals surface area contributed by atoms with E-state index in [2.05, 4.69) is 32.9 Å². The van der Waals surface area contributed by atoms with E-state index < -0.39 is 0 Å². The van der Waals surface area contributed by atoms with E-state index in [-0.39, 0.29) is 5.91 Å². The van der Waals surface area contributed by atoms with Gasteiger partial charge in [0.1, 0.15) is 0 Å². The molecule has 0 atom stereocenters. The first kappa shape index (κ1) is 15.1. The molecule has 118 valence electrons. The summed E-state index contributed by atoms with van der Waals surface area (Å²) in [6.07, 6.45) is 4.69. The number of aryl methyl sites for hydroxylation is 1. The Hall–Kier alpha value is -1.80. The zero-order valence-corrected chi connectivity index (χ0v) is 13.4. The third-order valence-electron chi connectivity index (χ3n) is 3.76. The van der Waals surface area contributed by atoms with Crippen LogP contribution >= 0.6 is 11.3 Å². The van der Waals surface area contributed by atoms with E-state index >= 15 is 0 Å². The molecule has 3 heterocycles. The van der Waals surface area contributed by atoms with Crippen LogP contribution in [0.1, 0.15) is 47.0 Å². The highest BCUT2D eigenvalue weighted by Crippen LogP contribution is 2.17. The lowest BCUT2D eigenvalue weighted by atomic mass is 10.1. The zero-order valence-electron chi connectivity index (χ0n) is 12.6. The molecule has 1 aliphatic rings. The maximum atomic E-state index is 12.1. The van der Waals surface area contributed by atoms with Crippen LogP contribution in [0.4, 0.5) is 0 Å². The van der Waals surface area contributed by atoms with Gasteiger partial charge in [0.2, 0.25) is 0 Å². The number of hydrogen-bond donors (Lipinski definition) is 2. The molecule has 2 aromatic rings. The van der Waals surface area contributed by atoms with Gasteiger partial charge in [-0.15, -0.1) is 16.4 Å². The Balaban J connectivity index is 1.56. The minimum absolute atomic E-state index is 0.203. The van der Waals surface area contributed by atoms with Crippen molar-refractivity contribution < 1.29 is 4.79 Å². The van der Waals surface area contributed by atoms with Gasteiger partial charge in [-0.3, -0.25) is 4.79 Å². The minimum Gasteiger partial charge on any atom is -0.345 e. The third-order valence-corrected chi connectivity index (χ3v) is 4.80. The van der Waals surface area contributed by atoms with Gasteiger partial charge in [0.05, 0.1) is 29.5 Å². The Morgan fingerprint density at radius 2 is 2.32 bits per heavy atom. The molecule has 0 saturated carbocycles. The smallest absolute Gasteiger partial charge is 0.273 e. The van der Waals surface area contributed by atoms with Crippen LogP contribution in [0.5, 0.6) is 0 Å². The van der Waals surface area contributed by atoms with Crippen molar-refractivity contribution in [3.63, 3.8) is 0 Å². The molecular weight excluding hydrogens is 300 g/mol. The summed E-state index contributed by atoms with van der Waals surface area (Å²) in [5, 5.41) is 17.3. The number of amides is 1. The largest absolute Gasteiger partial charge is 0.345 e. The zero-order chi connectivity index (χ0) is 15.4. The van der Waals surface area contributed by atoms with Crippen LogP contribution in [0.3, 0.4) is 0 Å². The quantitative estimate of drug-likeness (QED) is 0.863. The molecule has 0 unspecified atom stereocenters. The number of carbonyl (C=O) groups excluding carboxylic acids is 1. The molecule has 1 aliphatic heterocycles. The van der Waals surface area contributed by atoms with E-state index in [1.54, 1.807) is 17.5 Å². The predicted octanol–water partition coefficient (Wildman–Crippen LogP) is 1.15. The van der Waals surface area contributed by atoms with Crippen molar-refractivity contribution in [3.8, 4) is 0 Å². The number of thiazole rings is 1. The van der Waals surface area contributed by atoms with Gasteiger partial charge in [0, 0.05) is 5.38 Å². The maximum absolute atomic E-state index is 12.1. The molecule has 22 heavy (non-hydrogen) atoms. The molecule has 0 aromatic carbocycles. The summed E-state index contributed by atoms with van der Waals surface area (Å²) in [6.45, 7) is 4.46. The monoisotopic (exact) mass is 320 g/mol. The Kier molecular flexibility index (Phi) is 4.79. The van der Waals surface area contributed by atoms with E-state index in [4.69, 9.17) is 0 Å². The second kappa shape index (κ2) is 6.97. The molecule has 3 rings (SSSR count). The first-order valence-electron chi connectivity index (χ1n) is 7.60. The number of aromatic nitrogens is 4. The van der Waals surface area contributed by atoms with Gasteiger partial charge >= 0.3 is 0 Å². The SMILES string of the molecule is CCc1nc(CNC(=O)c2cn(C3CCNCC3)nn2)cs1. The van der Waals surface area contributed by atoms with Crippen LogP contribution < -0.4 is 10.6 Å². The Labute approximate surface area is 133 Å². The topological polar surface area (TPSA) is 84.7 Å². The highest BCUT2D eigenvalue weighted by molar-refractivity contribution is 7.09. The fraction of sp³-hybridized carbons (Fsp3) is 0.571. The van der Waals surface area contributed by atoms with Gasteiger partial charge < -0.3 is 10.6 Å². The van der Waals surface area contributed by atoms with Gasteiger partial charge in [0.15, 0.2) is 5.69 Å². The van der Waals surface area contributed by atoms with Crippen molar-refractivity contribution >= 4 is 17.2 Å². The average Bonchev–Trinajstić information content (AvgIpc) is 3.22. The van der Waals surface area contributed by atoms with Crippen molar-refractivity contribution in [2.24, 2.45) is 0 Å². The highest BCUT2D eigenvalue weighted by atomic mass is 32.1. The lowest BCUT2D eigenvalue weighted by Crippen LogP contribution is -2.29. The molecule has 0 radical (unpaired) electrons. The molecule has 0 spiro atoms. The summed E-state index contributed by atoms with van der Waals surface area (Å²) in [5.41, 5.74) is 1.26. The molecule has 1 amide bonds. The molecule has 2 N–H and O–H groups in total. The molecule has 7 nitrogen and oxygen atoms in total. The molecule has 0 aliphatic carbocycles. The van der Waals surface area contributed by atoms with Crippen molar-refractivity contribution in [2.75, 3.05) is 13.1 Å². The summed E-state index contributed by atoms with van der Waals surface area (Å²) in [4.78, 5) is 16.6. The van der Waals surface area contributed by atoms with Crippen molar-refractivity contribution in [2.45, 2.75) is 38.8 Å². The first-order chi connectivity index (χ1) is 10.8. The second-order valence-corrected chi connectivity index (χ2v) is 6.28. The van der Waals surface area contributed by atoms with Crippen molar-refractivity contribution in [1.82, 2.24) is 30.6 Å². The van der Waals surface area contributed by atoms with Crippen molar-refractivity contribution in [3.05, 3.63) is 28.0 Å². The Morgan fingerprint density at radius 1 is 1.50 bits per heavy atom. The number of rotatable bonds is 5. The third kappa shape index (κ3) is 3.50. The van der Waals surface area contributed by atoms with Crippen LogP contribution in [-0.2, 0) is 13.0 Å². The summed E-state index contributed by atoms with van der Waals surface area (Å²) in [6, 6.07) is 0.334. The van der Waals surface area contributed by atoms with E-state index in [0.29, 0.717) is 18.3 Å². The molecule has 1 saturated heterocycles. The number of nitrogens with one attached hydrogen (secondary N) is 2. The van der Waals surface area contributed by atoms with Gasteiger partial charge in [-0.2, -0.15) is 0 Å². The maximum Gasteiger partial charge on any atom is 0.273 e. The van der Waals surface area contributed by atoms with Crippen molar-refractivity contribution in [1.29, 1.82) is 0 Å². The standard InChI is InChI=1S/C14H20N6OS/c1-2-13-17-10(9-22-13)7-16-14(21)12-8-20(19-18-12)11-3-5-15-6-4-11/h8-9,11,15H,2-7H2,1H3,(H,16,21). The highest BCUT2D eigenvalue weighted by Gasteiger charge is 2.18. The van der Waals surface area contributed by atoms with Crippen LogP contribution in [0.25, 0.3) is 0 Å². The predicted molar refractivity (Wildman–Crippen MR) is 83.8 cm³/mol. The number of carbonyl (C=O) groups is 1. The van der Waals surface area contributed by atoms with E-state index in [1.807, 2.05) is 10.1 Å². The molecule has 0 bridgehead atoms. The van der Waals surface area contributed by atoms with Gasteiger partial charge in [-0.05, 0) is 32.4 Å².